The smallest absolute Gasteiger partial charge is 0.257 e. The molecule has 4 aromatic rings. The maximum Gasteiger partial charge on any atom is 0.257 e. The number of fused-ring (bicyclic) bond motifs is 2. The Morgan fingerprint density at radius 1 is 1.11 bits per heavy atom. The third-order valence-corrected chi connectivity index (χ3v) is 5.28. The van der Waals surface area contributed by atoms with E-state index in [4.69, 9.17) is 10.3 Å². The van der Waals surface area contributed by atoms with E-state index in [-0.39, 0.29) is 6.04 Å². The highest BCUT2D eigenvalue weighted by Gasteiger charge is 2.19. The zero-order chi connectivity index (χ0) is 18.2. The summed E-state index contributed by atoms with van der Waals surface area (Å²) in [6, 6.07) is 16.6. The van der Waals surface area contributed by atoms with Crippen LogP contribution < -0.4 is 5.73 Å². The van der Waals surface area contributed by atoms with E-state index in [0.717, 1.165) is 41.3 Å². The van der Waals surface area contributed by atoms with Crippen molar-refractivity contribution in [1.29, 1.82) is 0 Å². The molecule has 5 heteroatoms. The predicted octanol–water partition coefficient (Wildman–Crippen LogP) is 4.21. The SMILES string of the molecule is NC1CCCc2cc(-c3nc(Cc4cccc5cccnc45)no3)ccc21. The third-order valence-electron chi connectivity index (χ3n) is 5.28. The van der Waals surface area contributed by atoms with Crippen molar-refractivity contribution < 1.29 is 4.52 Å². The maximum atomic E-state index is 6.21. The van der Waals surface area contributed by atoms with E-state index in [1.807, 2.05) is 24.4 Å². The van der Waals surface area contributed by atoms with Gasteiger partial charge in [-0.25, -0.2) is 0 Å². The fraction of sp³-hybridized carbons (Fsp3) is 0.227. The van der Waals surface area contributed by atoms with Gasteiger partial charge in [0.2, 0.25) is 0 Å². The number of rotatable bonds is 3. The lowest BCUT2D eigenvalue weighted by Crippen LogP contribution is -2.17. The first-order chi connectivity index (χ1) is 13.3. The molecule has 0 saturated carbocycles. The van der Waals surface area contributed by atoms with Crippen molar-refractivity contribution in [2.24, 2.45) is 5.73 Å². The third kappa shape index (κ3) is 3.00. The Bertz CT molecular complexity index is 1110. The fourth-order valence-corrected chi connectivity index (χ4v) is 3.91. The molecule has 1 aliphatic carbocycles. The fourth-order valence-electron chi connectivity index (χ4n) is 3.91. The summed E-state index contributed by atoms with van der Waals surface area (Å²) in [6.45, 7) is 0. The highest BCUT2D eigenvalue weighted by Crippen LogP contribution is 2.31. The van der Waals surface area contributed by atoms with Crippen molar-refractivity contribution >= 4 is 10.9 Å². The molecule has 27 heavy (non-hydrogen) atoms. The molecule has 0 amide bonds. The first kappa shape index (κ1) is 16.1. The number of nitrogens with zero attached hydrogens (tertiary/aromatic N) is 3. The average Bonchev–Trinajstić information content (AvgIpc) is 3.17. The molecule has 134 valence electrons. The second-order valence-corrected chi connectivity index (χ2v) is 7.10. The van der Waals surface area contributed by atoms with Gasteiger partial charge in [-0.15, -0.1) is 0 Å². The first-order valence-corrected chi connectivity index (χ1v) is 9.32. The van der Waals surface area contributed by atoms with Crippen LogP contribution in [0, 0.1) is 0 Å². The predicted molar refractivity (Wildman–Crippen MR) is 104 cm³/mol. The Balaban J connectivity index is 1.45. The minimum absolute atomic E-state index is 0.139. The molecule has 2 heterocycles. The van der Waals surface area contributed by atoms with Gasteiger partial charge in [-0.1, -0.05) is 35.5 Å². The van der Waals surface area contributed by atoms with Gasteiger partial charge in [0.1, 0.15) is 0 Å². The summed E-state index contributed by atoms with van der Waals surface area (Å²) in [6.07, 6.45) is 5.63. The molecule has 2 aromatic heterocycles. The molecular weight excluding hydrogens is 336 g/mol. The number of benzene rings is 2. The lowest BCUT2D eigenvalue weighted by Gasteiger charge is -2.22. The van der Waals surface area contributed by atoms with Gasteiger partial charge < -0.3 is 10.3 Å². The average molecular weight is 356 g/mol. The van der Waals surface area contributed by atoms with Crippen LogP contribution in [-0.2, 0) is 12.8 Å². The molecular formula is C22H20N4O. The minimum atomic E-state index is 0.139. The molecule has 5 nitrogen and oxygen atoms in total. The van der Waals surface area contributed by atoms with E-state index in [0.29, 0.717) is 18.1 Å². The van der Waals surface area contributed by atoms with Gasteiger partial charge in [-0.2, -0.15) is 4.98 Å². The van der Waals surface area contributed by atoms with Crippen LogP contribution >= 0.6 is 0 Å². The van der Waals surface area contributed by atoms with Gasteiger partial charge in [-0.05, 0) is 54.2 Å². The Morgan fingerprint density at radius 2 is 2.04 bits per heavy atom. The summed E-state index contributed by atoms with van der Waals surface area (Å²) < 4.78 is 5.54. The molecule has 1 unspecified atom stereocenters. The second kappa shape index (κ2) is 6.59. The van der Waals surface area contributed by atoms with Crippen LogP contribution in [0.1, 0.15) is 41.4 Å². The summed E-state index contributed by atoms with van der Waals surface area (Å²) in [7, 11) is 0. The number of aryl methyl sites for hydroxylation is 1. The van der Waals surface area contributed by atoms with E-state index in [1.54, 1.807) is 0 Å². The van der Waals surface area contributed by atoms with E-state index >= 15 is 0 Å². The maximum absolute atomic E-state index is 6.21. The summed E-state index contributed by atoms with van der Waals surface area (Å²) >= 11 is 0. The van der Waals surface area contributed by atoms with Crippen LogP contribution in [-0.4, -0.2) is 15.1 Å². The summed E-state index contributed by atoms with van der Waals surface area (Å²) in [5.74, 6) is 1.22. The zero-order valence-corrected chi connectivity index (χ0v) is 14.9. The van der Waals surface area contributed by atoms with Crippen LogP contribution in [0.4, 0.5) is 0 Å². The van der Waals surface area contributed by atoms with Gasteiger partial charge >= 0.3 is 0 Å². The molecule has 1 aliphatic rings. The van der Waals surface area contributed by atoms with E-state index in [9.17, 15) is 0 Å². The van der Waals surface area contributed by atoms with Crippen LogP contribution in [0.2, 0.25) is 0 Å². The topological polar surface area (TPSA) is 77.8 Å². The Hall–Kier alpha value is -3.05. The van der Waals surface area contributed by atoms with E-state index in [1.165, 1.54) is 11.1 Å². The molecule has 2 N–H and O–H groups in total. The highest BCUT2D eigenvalue weighted by molar-refractivity contribution is 5.81. The second-order valence-electron chi connectivity index (χ2n) is 7.10. The molecule has 0 aliphatic heterocycles. The molecule has 0 saturated heterocycles. The summed E-state index contributed by atoms with van der Waals surface area (Å²) in [5.41, 5.74) is 11.8. The van der Waals surface area contributed by atoms with Crippen molar-refractivity contribution in [2.75, 3.05) is 0 Å². The monoisotopic (exact) mass is 356 g/mol. The van der Waals surface area contributed by atoms with Crippen molar-refractivity contribution in [1.82, 2.24) is 15.1 Å². The molecule has 2 aromatic carbocycles. The van der Waals surface area contributed by atoms with Crippen molar-refractivity contribution in [3.05, 3.63) is 77.2 Å². The van der Waals surface area contributed by atoms with Crippen LogP contribution in [0.15, 0.2) is 59.3 Å². The normalized spacial score (nSPS) is 16.4. The molecule has 0 spiro atoms. The van der Waals surface area contributed by atoms with Crippen molar-refractivity contribution in [3.63, 3.8) is 0 Å². The van der Waals surface area contributed by atoms with Gasteiger partial charge in [0.05, 0.1) is 5.52 Å². The van der Waals surface area contributed by atoms with Crippen LogP contribution in [0.3, 0.4) is 0 Å². The van der Waals surface area contributed by atoms with Crippen molar-refractivity contribution in [2.45, 2.75) is 31.7 Å². The number of hydrogen-bond acceptors (Lipinski definition) is 5. The quantitative estimate of drug-likeness (QED) is 0.595. The highest BCUT2D eigenvalue weighted by atomic mass is 16.5. The van der Waals surface area contributed by atoms with Gasteiger partial charge in [-0.3, -0.25) is 4.98 Å². The Labute approximate surface area is 157 Å². The molecule has 5 rings (SSSR count). The first-order valence-electron chi connectivity index (χ1n) is 9.32. The number of aromatic nitrogens is 3. The molecule has 0 radical (unpaired) electrons. The summed E-state index contributed by atoms with van der Waals surface area (Å²) in [5, 5.41) is 5.30. The minimum Gasteiger partial charge on any atom is -0.334 e. The number of nitrogens with two attached hydrogens (primary N) is 1. The Kier molecular flexibility index (Phi) is 3.94. The molecule has 0 fully saturated rings. The van der Waals surface area contributed by atoms with E-state index < -0.39 is 0 Å². The van der Waals surface area contributed by atoms with Gasteiger partial charge in [0, 0.05) is 29.6 Å². The number of hydrogen-bond donors (Lipinski definition) is 1. The lowest BCUT2D eigenvalue weighted by atomic mass is 9.87. The molecule has 0 bridgehead atoms. The summed E-state index contributed by atoms with van der Waals surface area (Å²) in [4.78, 5) is 9.11. The Morgan fingerprint density at radius 3 is 3.00 bits per heavy atom. The largest absolute Gasteiger partial charge is 0.334 e. The molecule has 1 atom stereocenters. The van der Waals surface area contributed by atoms with E-state index in [2.05, 4.69) is 45.5 Å². The van der Waals surface area contributed by atoms with Crippen molar-refractivity contribution in [3.8, 4) is 11.5 Å². The van der Waals surface area contributed by atoms with Crippen LogP contribution in [0.5, 0.6) is 0 Å². The van der Waals surface area contributed by atoms with Crippen LogP contribution in [0.25, 0.3) is 22.4 Å². The number of para-hydroxylation sites is 1. The zero-order valence-electron chi connectivity index (χ0n) is 14.9. The van der Waals surface area contributed by atoms with Gasteiger partial charge in [0.15, 0.2) is 5.82 Å². The van der Waals surface area contributed by atoms with Gasteiger partial charge in [0.25, 0.3) is 5.89 Å². The lowest BCUT2D eigenvalue weighted by molar-refractivity contribution is 0.424. The number of pyridine rings is 1. The standard InChI is InChI=1S/C22H20N4O/c23-19-8-2-5-15-12-17(9-10-18(15)19)22-25-20(26-27-22)13-16-6-1-4-14-7-3-11-24-21(14)16/h1,3-4,6-7,9-12,19H,2,5,8,13,23H2.